The monoisotopic (exact) mass is 312 g/mol. The number of nitrogens with one attached hydrogen (secondary N) is 1. The molecule has 0 bridgehead atoms. The van der Waals surface area contributed by atoms with Crippen LogP contribution in [-0.4, -0.2) is 26.7 Å². The van der Waals surface area contributed by atoms with Crippen molar-refractivity contribution in [2.45, 2.75) is 17.6 Å². The lowest BCUT2D eigenvalue weighted by molar-refractivity contribution is 0.640. The van der Waals surface area contributed by atoms with Gasteiger partial charge in [-0.3, -0.25) is 4.21 Å². The maximum atomic E-state index is 13.8. The number of fused-ring (bicyclic) bond motifs is 1. The Morgan fingerprint density at radius 1 is 1.45 bits per heavy atom. The van der Waals surface area contributed by atoms with Crippen LogP contribution >= 0.6 is 11.6 Å². The van der Waals surface area contributed by atoms with Crippen LogP contribution in [0.1, 0.15) is 12.8 Å². The average Bonchev–Trinajstić information content (AvgIpc) is 3.18. The number of anilines is 1. The van der Waals surface area contributed by atoms with Crippen molar-refractivity contribution in [2.24, 2.45) is 0 Å². The molecule has 1 saturated carbocycles. The average molecular weight is 313 g/mol. The van der Waals surface area contributed by atoms with Gasteiger partial charge >= 0.3 is 0 Å². The summed E-state index contributed by atoms with van der Waals surface area (Å²) in [6.07, 6.45) is 3.60. The Kier molecular flexibility index (Phi) is 3.42. The van der Waals surface area contributed by atoms with E-state index in [1.165, 1.54) is 12.1 Å². The van der Waals surface area contributed by atoms with Crippen LogP contribution in [0.3, 0.4) is 0 Å². The summed E-state index contributed by atoms with van der Waals surface area (Å²) >= 11 is 5.95. The first-order chi connectivity index (χ1) is 9.52. The molecule has 1 aromatic heterocycles. The van der Waals surface area contributed by atoms with Crippen molar-refractivity contribution in [3.8, 4) is 0 Å². The van der Waals surface area contributed by atoms with Crippen LogP contribution in [0.5, 0.6) is 0 Å². The predicted octanol–water partition coefficient (Wildman–Crippen LogP) is 3.35. The summed E-state index contributed by atoms with van der Waals surface area (Å²) in [4.78, 5) is 4.22. The van der Waals surface area contributed by atoms with Gasteiger partial charge in [-0.25, -0.2) is 9.37 Å². The summed E-state index contributed by atoms with van der Waals surface area (Å²) in [5.74, 6) is 0.221. The van der Waals surface area contributed by atoms with E-state index in [2.05, 4.69) is 10.3 Å². The second-order valence-electron chi connectivity index (χ2n) is 5.12. The Hall–Kier alpha value is -1.20. The molecule has 1 aliphatic carbocycles. The molecule has 20 heavy (non-hydrogen) atoms. The van der Waals surface area contributed by atoms with Gasteiger partial charge < -0.3 is 5.32 Å². The fourth-order valence-electron chi connectivity index (χ4n) is 2.29. The maximum absolute atomic E-state index is 13.8. The third kappa shape index (κ3) is 2.40. The Morgan fingerprint density at radius 2 is 2.20 bits per heavy atom. The number of hydrogen-bond donors (Lipinski definition) is 1. The van der Waals surface area contributed by atoms with Crippen molar-refractivity contribution in [3.63, 3.8) is 0 Å². The highest BCUT2D eigenvalue weighted by molar-refractivity contribution is 7.86. The van der Waals surface area contributed by atoms with Crippen LogP contribution in [0.15, 0.2) is 24.3 Å². The summed E-state index contributed by atoms with van der Waals surface area (Å²) in [7, 11) is -0.879. The van der Waals surface area contributed by atoms with E-state index in [0.717, 1.165) is 12.8 Å². The lowest BCUT2D eigenvalue weighted by atomic mass is 10.1. The molecule has 0 radical (unpaired) electrons. The van der Waals surface area contributed by atoms with E-state index in [9.17, 15) is 8.60 Å². The largest absolute Gasteiger partial charge is 0.368 e. The SMILES string of the molecule is CS(=O)C1(CNc2nc(Cl)cc3c(F)cccc23)CC1. The van der Waals surface area contributed by atoms with Gasteiger partial charge in [0.1, 0.15) is 16.8 Å². The Balaban J connectivity index is 1.95. The molecular weight excluding hydrogens is 299 g/mol. The first kappa shape index (κ1) is 13.8. The van der Waals surface area contributed by atoms with Gasteiger partial charge in [-0.15, -0.1) is 0 Å². The van der Waals surface area contributed by atoms with Crippen LogP contribution in [0, 0.1) is 5.82 Å². The summed E-state index contributed by atoms with van der Waals surface area (Å²) in [6.45, 7) is 0.565. The highest BCUT2D eigenvalue weighted by Gasteiger charge is 2.46. The molecule has 2 aromatic rings. The quantitative estimate of drug-likeness (QED) is 0.880. The van der Waals surface area contributed by atoms with E-state index in [4.69, 9.17) is 11.6 Å². The van der Waals surface area contributed by atoms with Gasteiger partial charge in [0.2, 0.25) is 0 Å². The van der Waals surface area contributed by atoms with Crippen molar-refractivity contribution < 1.29 is 8.60 Å². The molecule has 0 saturated heterocycles. The molecule has 3 nitrogen and oxygen atoms in total. The van der Waals surface area contributed by atoms with Gasteiger partial charge in [-0.05, 0) is 25.0 Å². The lowest BCUT2D eigenvalue weighted by Gasteiger charge is -2.15. The topological polar surface area (TPSA) is 42.0 Å². The number of aromatic nitrogens is 1. The van der Waals surface area contributed by atoms with Crippen molar-refractivity contribution in [1.29, 1.82) is 0 Å². The predicted molar refractivity (Wildman–Crippen MR) is 81.2 cm³/mol. The van der Waals surface area contributed by atoms with E-state index in [1.807, 2.05) is 0 Å². The third-order valence-corrected chi connectivity index (χ3v) is 5.75. The van der Waals surface area contributed by atoms with E-state index < -0.39 is 10.8 Å². The third-order valence-electron chi connectivity index (χ3n) is 3.79. The second kappa shape index (κ2) is 4.97. The van der Waals surface area contributed by atoms with E-state index in [1.54, 1.807) is 18.4 Å². The van der Waals surface area contributed by atoms with E-state index >= 15 is 0 Å². The minimum Gasteiger partial charge on any atom is -0.368 e. The summed E-state index contributed by atoms with van der Waals surface area (Å²) < 4.78 is 25.3. The van der Waals surface area contributed by atoms with Gasteiger partial charge in [0.25, 0.3) is 0 Å². The highest BCUT2D eigenvalue weighted by Crippen LogP contribution is 2.41. The zero-order chi connectivity index (χ0) is 14.3. The molecule has 6 heteroatoms. The van der Waals surface area contributed by atoms with E-state index in [0.29, 0.717) is 23.1 Å². The van der Waals surface area contributed by atoms with Gasteiger partial charge in [0.05, 0.1) is 4.75 Å². The summed E-state index contributed by atoms with van der Waals surface area (Å²) in [6, 6.07) is 6.35. The van der Waals surface area contributed by atoms with Crippen LogP contribution in [0.25, 0.3) is 10.8 Å². The molecular formula is C14H14ClFN2OS. The van der Waals surface area contributed by atoms with Crippen LogP contribution in [0.2, 0.25) is 5.15 Å². The van der Waals surface area contributed by atoms with Crippen LogP contribution in [-0.2, 0) is 10.8 Å². The van der Waals surface area contributed by atoms with Gasteiger partial charge in [0.15, 0.2) is 0 Å². The van der Waals surface area contributed by atoms with Crippen LogP contribution < -0.4 is 5.32 Å². The van der Waals surface area contributed by atoms with Crippen LogP contribution in [0.4, 0.5) is 10.2 Å². The lowest BCUT2D eigenvalue weighted by Crippen LogP contribution is -2.26. The molecule has 1 atom stereocenters. The molecule has 1 heterocycles. The minimum atomic E-state index is -0.879. The number of pyridine rings is 1. The van der Waals surface area contributed by atoms with Crippen molar-refractivity contribution in [3.05, 3.63) is 35.2 Å². The molecule has 0 amide bonds. The summed E-state index contributed by atoms with van der Waals surface area (Å²) in [5, 5.41) is 4.56. The standard InChI is InChI=1S/C14H14ClFN2OS/c1-20(19)14(5-6-14)8-17-13-9-3-2-4-11(16)10(9)7-12(15)18-13/h2-4,7H,5-6,8H2,1H3,(H,17,18). The van der Waals surface area contributed by atoms with Crippen molar-refractivity contribution in [1.82, 2.24) is 4.98 Å². The first-order valence-electron chi connectivity index (χ1n) is 6.34. The van der Waals surface area contributed by atoms with Gasteiger partial charge in [-0.2, -0.15) is 0 Å². The second-order valence-corrected chi connectivity index (χ2v) is 7.28. The van der Waals surface area contributed by atoms with Crippen molar-refractivity contribution >= 4 is 39.0 Å². The Bertz CT molecular complexity index is 703. The number of hydrogen-bond acceptors (Lipinski definition) is 3. The Morgan fingerprint density at radius 3 is 2.85 bits per heavy atom. The Labute approximate surface area is 124 Å². The smallest absolute Gasteiger partial charge is 0.135 e. The van der Waals surface area contributed by atoms with E-state index in [-0.39, 0.29) is 15.7 Å². The maximum Gasteiger partial charge on any atom is 0.135 e. The number of rotatable bonds is 4. The molecule has 1 aromatic carbocycles. The van der Waals surface area contributed by atoms with Gasteiger partial charge in [0, 0.05) is 34.4 Å². The van der Waals surface area contributed by atoms with Crippen molar-refractivity contribution in [2.75, 3.05) is 18.1 Å². The fraction of sp³-hybridized carbons (Fsp3) is 0.357. The number of halogens is 2. The normalized spacial score (nSPS) is 17.9. The number of benzene rings is 1. The summed E-state index contributed by atoms with van der Waals surface area (Å²) in [5.41, 5.74) is 0. The molecule has 1 aliphatic rings. The number of nitrogens with zero attached hydrogens (tertiary/aromatic N) is 1. The first-order valence-corrected chi connectivity index (χ1v) is 8.28. The molecule has 0 aliphatic heterocycles. The molecule has 1 unspecified atom stereocenters. The molecule has 0 spiro atoms. The molecule has 1 fully saturated rings. The highest BCUT2D eigenvalue weighted by atomic mass is 35.5. The molecule has 3 rings (SSSR count). The fourth-order valence-corrected chi connectivity index (χ4v) is 3.44. The zero-order valence-corrected chi connectivity index (χ0v) is 12.5. The minimum absolute atomic E-state index is 0.163. The zero-order valence-electron chi connectivity index (χ0n) is 11.0. The molecule has 106 valence electrons. The van der Waals surface area contributed by atoms with Gasteiger partial charge in [-0.1, -0.05) is 23.7 Å². The molecule has 1 N–H and O–H groups in total.